The smallest absolute Gasteiger partial charge is 0.239 e. The van der Waals surface area contributed by atoms with E-state index in [1.165, 1.54) is 13.2 Å². The Bertz CT molecular complexity index is 424. The van der Waals surface area contributed by atoms with Gasteiger partial charge in [0.05, 0.1) is 12.4 Å². The van der Waals surface area contributed by atoms with Gasteiger partial charge >= 0.3 is 0 Å². The molecule has 1 aromatic rings. The average Bonchev–Trinajstić information content (AvgIpc) is 2.81. The summed E-state index contributed by atoms with van der Waals surface area (Å²) in [6, 6.07) is 1.49. The van der Waals surface area contributed by atoms with Crippen molar-refractivity contribution in [3.05, 3.63) is 11.2 Å². The SMILES string of the molecule is COc1cc(Cl)nc(NC(=O)C2CCCS2)n1. The first-order chi connectivity index (χ1) is 8.19. The van der Waals surface area contributed by atoms with Crippen molar-refractivity contribution in [2.45, 2.75) is 18.1 Å². The fraction of sp³-hybridized carbons (Fsp3) is 0.500. The number of amides is 1. The summed E-state index contributed by atoms with van der Waals surface area (Å²) in [5.74, 6) is 1.47. The van der Waals surface area contributed by atoms with Crippen molar-refractivity contribution in [2.24, 2.45) is 0 Å². The molecule has 0 radical (unpaired) electrons. The highest BCUT2D eigenvalue weighted by Gasteiger charge is 2.24. The zero-order valence-electron chi connectivity index (χ0n) is 9.27. The number of methoxy groups -OCH3 is 1. The Morgan fingerprint density at radius 2 is 2.47 bits per heavy atom. The maximum absolute atomic E-state index is 11.8. The molecule has 0 saturated carbocycles. The first-order valence-electron chi connectivity index (χ1n) is 5.20. The van der Waals surface area contributed by atoms with Crippen LogP contribution in [0.1, 0.15) is 12.8 Å². The minimum atomic E-state index is -0.0724. The highest BCUT2D eigenvalue weighted by molar-refractivity contribution is 8.00. The molecular weight excluding hydrogens is 262 g/mol. The Labute approximate surface area is 108 Å². The van der Waals surface area contributed by atoms with Gasteiger partial charge in [0.1, 0.15) is 5.15 Å². The summed E-state index contributed by atoms with van der Waals surface area (Å²) in [5, 5.41) is 2.88. The zero-order chi connectivity index (χ0) is 12.3. The molecule has 1 amide bonds. The molecular formula is C10H12ClN3O2S. The van der Waals surface area contributed by atoms with Gasteiger partial charge in [0.15, 0.2) is 0 Å². The van der Waals surface area contributed by atoms with Crippen LogP contribution in [0.5, 0.6) is 5.88 Å². The molecule has 5 nitrogen and oxygen atoms in total. The van der Waals surface area contributed by atoms with Crippen molar-refractivity contribution >= 4 is 35.2 Å². The second-order valence-corrected chi connectivity index (χ2v) is 5.25. The highest BCUT2D eigenvalue weighted by atomic mass is 35.5. The molecule has 1 aromatic heterocycles. The Balaban J connectivity index is 2.06. The molecule has 2 heterocycles. The summed E-state index contributed by atoms with van der Waals surface area (Å²) in [7, 11) is 1.48. The summed E-state index contributed by atoms with van der Waals surface area (Å²) in [6.07, 6.45) is 1.97. The Kier molecular flexibility index (Phi) is 4.06. The third kappa shape index (κ3) is 3.23. The summed E-state index contributed by atoms with van der Waals surface area (Å²) < 4.78 is 4.95. The molecule has 1 saturated heterocycles. The van der Waals surface area contributed by atoms with E-state index in [2.05, 4.69) is 15.3 Å². The van der Waals surface area contributed by atoms with Gasteiger partial charge in [-0.2, -0.15) is 4.98 Å². The van der Waals surface area contributed by atoms with Crippen LogP contribution in [0.15, 0.2) is 6.07 Å². The van der Waals surface area contributed by atoms with Gasteiger partial charge in [-0.1, -0.05) is 11.6 Å². The van der Waals surface area contributed by atoms with Crippen LogP contribution in [0.25, 0.3) is 0 Å². The van der Waals surface area contributed by atoms with E-state index < -0.39 is 0 Å². The van der Waals surface area contributed by atoms with E-state index >= 15 is 0 Å². The number of aromatic nitrogens is 2. The van der Waals surface area contributed by atoms with Gasteiger partial charge in [-0.15, -0.1) is 11.8 Å². The zero-order valence-corrected chi connectivity index (χ0v) is 10.8. The molecule has 1 aliphatic rings. The van der Waals surface area contributed by atoms with E-state index in [9.17, 15) is 4.79 Å². The molecule has 0 aliphatic carbocycles. The van der Waals surface area contributed by atoms with Gasteiger partial charge < -0.3 is 4.74 Å². The summed E-state index contributed by atoms with van der Waals surface area (Å²) in [5.41, 5.74) is 0. The number of carbonyl (C=O) groups is 1. The first-order valence-corrected chi connectivity index (χ1v) is 6.63. The number of nitrogens with zero attached hydrogens (tertiary/aromatic N) is 2. The maximum atomic E-state index is 11.8. The van der Waals surface area contributed by atoms with Crippen molar-refractivity contribution in [3.63, 3.8) is 0 Å². The molecule has 0 aromatic carbocycles. The summed E-state index contributed by atoms with van der Waals surface area (Å²) in [4.78, 5) is 19.8. The number of halogens is 1. The molecule has 1 fully saturated rings. The lowest BCUT2D eigenvalue weighted by atomic mass is 10.2. The first kappa shape index (κ1) is 12.4. The minimum absolute atomic E-state index is 0.0106. The lowest BCUT2D eigenvalue weighted by Gasteiger charge is -2.09. The van der Waals surface area contributed by atoms with E-state index in [1.54, 1.807) is 11.8 Å². The van der Waals surface area contributed by atoms with Crippen LogP contribution in [0.2, 0.25) is 5.15 Å². The molecule has 92 valence electrons. The van der Waals surface area contributed by atoms with E-state index in [0.29, 0.717) is 5.88 Å². The van der Waals surface area contributed by atoms with Crippen LogP contribution in [-0.2, 0) is 4.79 Å². The number of hydrogen-bond donors (Lipinski definition) is 1. The van der Waals surface area contributed by atoms with Gasteiger partial charge in [0.25, 0.3) is 0 Å². The van der Waals surface area contributed by atoms with Crippen LogP contribution in [0.4, 0.5) is 5.95 Å². The third-order valence-corrected chi connectivity index (χ3v) is 3.91. The molecule has 0 spiro atoms. The van der Waals surface area contributed by atoms with Gasteiger partial charge in [-0.25, -0.2) is 4.98 Å². The monoisotopic (exact) mass is 273 g/mol. The lowest BCUT2D eigenvalue weighted by molar-refractivity contribution is -0.115. The predicted octanol–water partition coefficient (Wildman–Crippen LogP) is 1.97. The third-order valence-electron chi connectivity index (χ3n) is 2.34. The Hall–Kier alpha value is -1.01. The van der Waals surface area contributed by atoms with Crippen LogP contribution < -0.4 is 10.1 Å². The van der Waals surface area contributed by atoms with Crippen LogP contribution in [0, 0.1) is 0 Å². The van der Waals surface area contributed by atoms with Gasteiger partial charge in [0, 0.05) is 6.07 Å². The number of carbonyl (C=O) groups excluding carboxylic acids is 1. The predicted molar refractivity (Wildman–Crippen MR) is 67.7 cm³/mol. The van der Waals surface area contributed by atoms with Crippen molar-refractivity contribution < 1.29 is 9.53 Å². The average molecular weight is 274 g/mol. The van der Waals surface area contributed by atoms with Crippen molar-refractivity contribution in [1.82, 2.24) is 9.97 Å². The second kappa shape index (κ2) is 5.55. The van der Waals surface area contributed by atoms with Gasteiger partial charge in [-0.3, -0.25) is 10.1 Å². The molecule has 1 aliphatic heterocycles. The maximum Gasteiger partial charge on any atom is 0.239 e. The standard InChI is InChI=1S/C10H12ClN3O2S/c1-16-8-5-7(11)12-10(13-8)14-9(15)6-3-2-4-17-6/h5-6H,2-4H2,1H3,(H,12,13,14,15). The van der Waals surface area contributed by atoms with E-state index in [-0.39, 0.29) is 22.3 Å². The van der Waals surface area contributed by atoms with Crippen LogP contribution in [0.3, 0.4) is 0 Å². The van der Waals surface area contributed by atoms with Gasteiger partial charge in [-0.05, 0) is 18.6 Å². The Morgan fingerprint density at radius 1 is 1.65 bits per heavy atom. The second-order valence-electron chi connectivity index (χ2n) is 3.55. The number of nitrogens with one attached hydrogen (secondary N) is 1. The molecule has 0 bridgehead atoms. The molecule has 7 heteroatoms. The largest absolute Gasteiger partial charge is 0.481 e. The fourth-order valence-corrected chi connectivity index (χ4v) is 2.87. The Morgan fingerprint density at radius 3 is 3.12 bits per heavy atom. The number of ether oxygens (including phenoxy) is 1. The number of hydrogen-bond acceptors (Lipinski definition) is 5. The van der Waals surface area contributed by atoms with Crippen LogP contribution >= 0.6 is 23.4 Å². The van der Waals surface area contributed by atoms with Crippen LogP contribution in [-0.4, -0.2) is 34.0 Å². The molecule has 1 unspecified atom stereocenters. The molecule has 1 atom stereocenters. The molecule has 17 heavy (non-hydrogen) atoms. The molecule has 1 N–H and O–H groups in total. The quantitative estimate of drug-likeness (QED) is 0.853. The number of thioether (sulfide) groups is 1. The van der Waals surface area contributed by atoms with Gasteiger partial charge in [0.2, 0.25) is 17.7 Å². The normalized spacial score (nSPS) is 19.1. The minimum Gasteiger partial charge on any atom is -0.481 e. The highest BCUT2D eigenvalue weighted by Crippen LogP contribution is 2.27. The van der Waals surface area contributed by atoms with Crippen molar-refractivity contribution in [1.29, 1.82) is 0 Å². The fourth-order valence-electron chi connectivity index (χ4n) is 1.53. The van der Waals surface area contributed by atoms with E-state index in [0.717, 1.165) is 18.6 Å². The molecule has 2 rings (SSSR count). The summed E-state index contributed by atoms with van der Waals surface area (Å²) >= 11 is 7.44. The number of anilines is 1. The van der Waals surface area contributed by atoms with Crippen molar-refractivity contribution in [3.8, 4) is 5.88 Å². The van der Waals surface area contributed by atoms with E-state index in [1.807, 2.05) is 0 Å². The topological polar surface area (TPSA) is 64.1 Å². The summed E-state index contributed by atoms with van der Waals surface area (Å²) in [6.45, 7) is 0. The van der Waals surface area contributed by atoms with E-state index in [4.69, 9.17) is 16.3 Å². The number of rotatable bonds is 3. The lowest BCUT2D eigenvalue weighted by Crippen LogP contribution is -2.24. The van der Waals surface area contributed by atoms with Crippen molar-refractivity contribution in [2.75, 3.05) is 18.2 Å².